The van der Waals surface area contributed by atoms with E-state index in [4.69, 9.17) is 0 Å². The number of hydrogen-bond donors (Lipinski definition) is 0. The zero-order valence-electron chi connectivity index (χ0n) is 18.5. The summed E-state index contributed by atoms with van der Waals surface area (Å²) in [4.78, 5) is 12.8. The lowest BCUT2D eigenvalue weighted by Gasteiger charge is -2.13. The Hall–Kier alpha value is -4.74. The summed E-state index contributed by atoms with van der Waals surface area (Å²) in [6.45, 7) is 1.67. The Morgan fingerprint density at radius 2 is 1.75 bits per heavy atom. The number of rotatable bonds is 5. The molecule has 5 aromatic rings. The largest absolute Gasteiger partial charge is 0.573 e. The standard InChI is InChI=1S/C24H16F4N6O2/c1-15-14-30-34(17-4-2-5-18(12-17)36-24(26,27)28)23(15)22-21(35)8-11-33(31-22)20-7-6-16(13-19(20)25)32-10-3-9-29-32/h2-14H,1H3. The van der Waals surface area contributed by atoms with E-state index in [-0.39, 0.29) is 22.8 Å². The average molecular weight is 496 g/mol. The van der Waals surface area contributed by atoms with Crippen molar-refractivity contribution >= 4 is 0 Å². The predicted octanol–water partition coefficient (Wildman–Crippen LogP) is 4.62. The van der Waals surface area contributed by atoms with Crippen molar-refractivity contribution in [3.05, 3.63) is 101 Å². The highest BCUT2D eigenvalue weighted by Crippen LogP contribution is 2.28. The van der Waals surface area contributed by atoms with Crippen LogP contribution >= 0.6 is 0 Å². The lowest BCUT2D eigenvalue weighted by molar-refractivity contribution is -0.274. The second-order valence-electron chi connectivity index (χ2n) is 7.69. The zero-order chi connectivity index (χ0) is 25.4. The minimum Gasteiger partial charge on any atom is -0.406 e. The number of benzene rings is 2. The van der Waals surface area contributed by atoms with Crippen LogP contribution in [0.5, 0.6) is 5.75 Å². The van der Waals surface area contributed by atoms with Gasteiger partial charge in [-0.1, -0.05) is 6.07 Å². The molecule has 0 aliphatic rings. The normalized spacial score (nSPS) is 11.6. The molecule has 0 N–H and O–H groups in total. The van der Waals surface area contributed by atoms with Gasteiger partial charge in [-0.3, -0.25) is 4.79 Å². The van der Waals surface area contributed by atoms with Crippen LogP contribution in [0.3, 0.4) is 0 Å². The Bertz CT molecular complexity index is 1610. The molecular formula is C24H16F4N6O2. The summed E-state index contributed by atoms with van der Waals surface area (Å²) in [7, 11) is 0. The summed E-state index contributed by atoms with van der Waals surface area (Å²) in [6.07, 6.45) is 1.14. The maximum absolute atomic E-state index is 15.0. The molecule has 12 heteroatoms. The molecule has 0 unspecified atom stereocenters. The highest BCUT2D eigenvalue weighted by atomic mass is 19.4. The molecule has 0 spiro atoms. The maximum atomic E-state index is 15.0. The molecule has 0 aliphatic carbocycles. The van der Waals surface area contributed by atoms with Gasteiger partial charge >= 0.3 is 6.36 Å². The van der Waals surface area contributed by atoms with Gasteiger partial charge in [0.2, 0.25) is 5.43 Å². The Morgan fingerprint density at radius 3 is 2.47 bits per heavy atom. The summed E-state index contributed by atoms with van der Waals surface area (Å²) in [5.74, 6) is -1.05. The number of aryl methyl sites for hydroxylation is 1. The van der Waals surface area contributed by atoms with E-state index in [2.05, 4.69) is 20.0 Å². The lowest BCUT2D eigenvalue weighted by Crippen LogP contribution is -2.17. The van der Waals surface area contributed by atoms with Crippen molar-refractivity contribution in [3.63, 3.8) is 0 Å². The van der Waals surface area contributed by atoms with Crippen LogP contribution < -0.4 is 10.2 Å². The van der Waals surface area contributed by atoms with Gasteiger partial charge in [0.15, 0.2) is 11.5 Å². The first-order valence-corrected chi connectivity index (χ1v) is 10.5. The zero-order valence-corrected chi connectivity index (χ0v) is 18.5. The first kappa shape index (κ1) is 23.0. The van der Waals surface area contributed by atoms with Crippen LogP contribution in [-0.2, 0) is 0 Å². The van der Waals surface area contributed by atoms with Crippen LogP contribution in [0, 0.1) is 12.7 Å². The highest BCUT2D eigenvalue weighted by molar-refractivity contribution is 5.62. The first-order chi connectivity index (χ1) is 17.2. The minimum absolute atomic E-state index is 0.0646. The van der Waals surface area contributed by atoms with Gasteiger partial charge in [-0.15, -0.1) is 13.2 Å². The van der Waals surface area contributed by atoms with Crippen molar-refractivity contribution in [2.75, 3.05) is 0 Å². The second-order valence-corrected chi connectivity index (χ2v) is 7.69. The monoisotopic (exact) mass is 496 g/mol. The molecule has 182 valence electrons. The van der Waals surface area contributed by atoms with Gasteiger partial charge in [-0.25, -0.2) is 18.4 Å². The third kappa shape index (κ3) is 4.48. The van der Waals surface area contributed by atoms with E-state index < -0.39 is 23.4 Å². The fourth-order valence-corrected chi connectivity index (χ4v) is 3.68. The van der Waals surface area contributed by atoms with Crippen LogP contribution in [0.2, 0.25) is 0 Å². The quantitative estimate of drug-likeness (QED) is 0.332. The number of halogens is 4. The summed E-state index contributed by atoms with van der Waals surface area (Å²) in [5.41, 5.74) is 1.03. The SMILES string of the molecule is Cc1cnn(-c2cccc(OC(F)(F)F)c2)c1-c1nn(-c2ccc(-n3cccn3)cc2F)ccc1=O. The van der Waals surface area contributed by atoms with Crippen molar-refractivity contribution < 1.29 is 22.3 Å². The molecule has 0 saturated heterocycles. The van der Waals surface area contributed by atoms with Gasteiger partial charge in [-0.2, -0.15) is 15.3 Å². The number of hydrogen-bond acceptors (Lipinski definition) is 5. The fraction of sp³-hybridized carbons (Fsp3) is 0.0833. The smallest absolute Gasteiger partial charge is 0.406 e. The summed E-state index contributed by atoms with van der Waals surface area (Å²) in [5, 5.41) is 12.6. The molecule has 3 heterocycles. The molecule has 36 heavy (non-hydrogen) atoms. The molecule has 0 amide bonds. The van der Waals surface area contributed by atoms with Crippen LogP contribution in [0.1, 0.15) is 5.56 Å². The van der Waals surface area contributed by atoms with E-state index in [1.54, 1.807) is 31.5 Å². The molecule has 0 saturated carbocycles. The Kier molecular flexibility index (Phi) is 5.63. The van der Waals surface area contributed by atoms with Gasteiger partial charge in [0.1, 0.15) is 17.1 Å². The van der Waals surface area contributed by atoms with Crippen molar-refractivity contribution in [2.24, 2.45) is 0 Å². The van der Waals surface area contributed by atoms with Crippen LogP contribution in [0.25, 0.3) is 28.5 Å². The Morgan fingerprint density at radius 1 is 0.917 bits per heavy atom. The van der Waals surface area contributed by atoms with Gasteiger partial charge in [0.05, 0.1) is 17.6 Å². The molecule has 8 nitrogen and oxygen atoms in total. The van der Waals surface area contributed by atoms with Gasteiger partial charge in [0.25, 0.3) is 0 Å². The fourth-order valence-electron chi connectivity index (χ4n) is 3.68. The van der Waals surface area contributed by atoms with E-state index >= 15 is 4.39 Å². The van der Waals surface area contributed by atoms with Crippen LogP contribution in [0.15, 0.2) is 84.2 Å². The maximum Gasteiger partial charge on any atom is 0.573 e. The van der Waals surface area contributed by atoms with Gasteiger partial charge in [-0.05, 0) is 42.8 Å². The van der Waals surface area contributed by atoms with Gasteiger partial charge in [0, 0.05) is 36.8 Å². The minimum atomic E-state index is -4.87. The molecule has 0 fully saturated rings. The van der Waals surface area contributed by atoms with Crippen molar-refractivity contribution in [1.82, 2.24) is 29.3 Å². The van der Waals surface area contributed by atoms with E-state index in [1.807, 2.05) is 0 Å². The molecule has 0 radical (unpaired) electrons. The molecule has 2 aromatic carbocycles. The first-order valence-electron chi connectivity index (χ1n) is 10.5. The number of ether oxygens (including phenoxy) is 1. The molecular weight excluding hydrogens is 480 g/mol. The molecule has 0 atom stereocenters. The molecule has 5 rings (SSSR count). The number of nitrogens with zero attached hydrogens (tertiary/aromatic N) is 6. The van der Waals surface area contributed by atoms with Crippen LogP contribution in [0.4, 0.5) is 17.6 Å². The van der Waals surface area contributed by atoms with Crippen molar-refractivity contribution in [2.45, 2.75) is 13.3 Å². The Labute approximate surface area is 200 Å². The molecule has 3 aromatic heterocycles. The Balaban J connectivity index is 1.58. The third-order valence-corrected chi connectivity index (χ3v) is 5.23. The van der Waals surface area contributed by atoms with E-state index in [9.17, 15) is 18.0 Å². The van der Waals surface area contributed by atoms with Gasteiger partial charge < -0.3 is 4.74 Å². The summed E-state index contributed by atoms with van der Waals surface area (Å²) in [6, 6.07) is 12.5. The second kappa shape index (κ2) is 8.80. The van der Waals surface area contributed by atoms with Crippen molar-refractivity contribution in [3.8, 4) is 34.2 Å². The van der Waals surface area contributed by atoms with E-state index in [0.717, 1.165) is 12.1 Å². The topological polar surface area (TPSA) is 79.8 Å². The average Bonchev–Trinajstić information content (AvgIpc) is 3.49. The summed E-state index contributed by atoms with van der Waals surface area (Å²) >= 11 is 0. The lowest BCUT2D eigenvalue weighted by atomic mass is 10.2. The van der Waals surface area contributed by atoms with Crippen LogP contribution in [-0.4, -0.2) is 35.7 Å². The third-order valence-electron chi connectivity index (χ3n) is 5.23. The summed E-state index contributed by atoms with van der Waals surface area (Å²) < 4.78 is 61.0. The predicted molar refractivity (Wildman–Crippen MR) is 121 cm³/mol. The molecule has 0 bridgehead atoms. The number of alkyl halides is 3. The molecule has 0 aliphatic heterocycles. The highest BCUT2D eigenvalue weighted by Gasteiger charge is 2.31. The van der Waals surface area contributed by atoms with Crippen molar-refractivity contribution in [1.29, 1.82) is 0 Å². The van der Waals surface area contributed by atoms with E-state index in [1.165, 1.54) is 56.8 Å². The number of aromatic nitrogens is 6. The van der Waals surface area contributed by atoms with E-state index in [0.29, 0.717) is 11.3 Å².